The van der Waals surface area contributed by atoms with Crippen molar-refractivity contribution in [3.63, 3.8) is 0 Å². The monoisotopic (exact) mass is 312 g/mol. The molecule has 2 unspecified atom stereocenters. The minimum absolute atomic E-state index is 0.529. The molecule has 1 aliphatic rings. The van der Waals surface area contributed by atoms with Gasteiger partial charge in [-0.3, -0.25) is 9.58 Å². The maximum Gasteiger partial charge on any atom is 0.0863 e. The topological polar surface area (TPSA) is 33.1 Å². The second-order valence-electron chi connectivity index (χ2n) is 6.41. The number of hydrogen-bond donors (Lipinski definition) is 1. The number of rotatable bonds is 5. The maximum absolute atomic E-state index is 6.55. The van der Waals surface area contributed by atoms with E-state index in [1.54, 1.807) is 0 Å². The molecule has 21 heavy (non-hydrogen) atoms. The molecule has 2 atom stereocenters. The van der Waals surface area contributed by atoms with Crippen molar-refractivity contribution in [3.8, 4) is 0 Å². The molecule has 1 aromatic heterocycles. The lowest BCUT2D eigenvalue weighted by atomic mass is 9.99. The Morgan fingerprint density at radius 1 is 1.38 bits per heavy atom. The summed E-state index contributed by atoms with van der Waals surface area (Å²) in [6.45, 7) is 15.0. The number of halogens is 1. The van der Waals surface area contributed by atoms with Gasteiger partial charge in [-0.05, 0) is 26.2 Å². The molecule has 0 saturated carbocycles. The van der Waals surface area contributed by atoms with Gasteiger partial charge in [0, 0.05) is 38.3 Å². The highest BCUT2D eigenvalue weighted by Gasteiger charge is 2.28. The SMILES string of the molecule is CCc1nn(CC)c(CN2CC(C(C)C)NCC2C)c1Cl. The third kappa shape index (κ3) is 3.61. The van der Waals surface area contributed by atoms with E-state index in [0.29, 0.717) is 18.0 Å². The number of nitrogens with zero attached hydrogens (tertiary/aromatic N) is 3. The maximum atomic E-state index is 6.55. The highest BCUT2D eigenvalue weighted by atomic mass is 35.5. The minimum atomic E-state index is 0.529. The van der Waals surface area contributed by atoms with Crippen LogP contribution in [0.5, 0.6) is 0 Å². The van der Waals surface area contributed by atoms with Crippen LogP contribution < -0.4 is 5.32 Å². The summed E-state index contributed by atoms with van der Waals surface area (Å²) in [5.74, 6) is 0.651. The van der Waals surface area contributed by atoms with E-state index < -0.39 is 0 Å². The van der Waals surface area contributed by atoms with Crippen LogP contribution in [0.15, 0.2) is 0 Å². The van der Waals surface area contributed by atoms with Crippen LogP contribution in [-0.4, -0.2) is 39.9 Å². The summed E-state index contributed by atoms with van der Waals surface area (Å²) >= 11 is 6.55. The molecule has 4 nitrogen and oxygen atoms in total. The second-order valence-corrected chi connectivity index (χ2v) is 6.79. The van der Waals surface area contributed by atoms with E-state index in [2.05, 4.69) is 54.6 Å². The normalized spacial score (nSPS) is 24.0. The van der Waals surface area contributed by atoms with Gasteiger partial charge >= 0.3 is 0 Å². The Balaban J connectivity index is 2.18. The molecule has 0 spiro atoms. The molecule has 120 valence electrons. The van der Waals surface area contributed by atoms with Gasteiger partial charge in [0.1, 0.15) is 0 Å². The molecule has 0 radical (unpaired) electrons. The summed E-state index contributed by atoms with van der Waals surface area (Å²) in [4.78, 5) is 2.54. The van der Waals surface area contributed by atoms with Crippen LogP contribution in [0.4, 0.5) is 0 Å². The van der Waals surface area contributed by atoms with Gasteiger partial charge in [-0.15, -0.1) is 0 Å². The number of nitrogens with one attached hydrogen (secondary N) is 1. The van der Waals surface area contributed by atoms with Crippen LogP contribution in [0.2, 0.25) is 5.02 Å². The largest absolute Gasteiger partial charge is 0.311 e. The highest BCUT2D eigenvalue weighted by Crippen LogP contribution is 2.25. The van der Waals surface area contributed by atoms with Crippen LogP contribution in [0, 0.1) is 5.92 Å². The number of aryl methyl sites for hydroxylation is 2. The van der Waals surface area contributed by atoms with Crippen molar-refractivity contribution in [2.75, 3.05) is 13.1 Å². The first kappa shape index (κ1) is 16.8. The van der Waals surface area contributed by atoms with Crippen LogP contribution in [0.25, 0.3) is 0 Å². The molecule has 1 fully saturated rings. The van der Waals surface area contributed by atoms with Gasteiger partial charge in [0.25, 0.3) is 0 Å². The lowest BCUT2D eigenvalue weighted by molar-refractivity contribution is 0.113. The quantitative estimate of drug-likeness (QED) is 0.907. The third-order valence-electron chi connectivity index (χ3n) is 4.58. The molecule has 2 heterocycles. The molecule has 0 aliphatic carbocycles. The lowest BCUT2D eigenvalue weighted by Gasteiger charge is -2.40. The lowest BCUT2D eigenvalue weighted by Crippen LogP contribution is -2.56. The van der Waals surface area contributed by atoms with Crippen LogP contribution in [-0.2, 0) is 19.5 Å². The predicted octanol–water partition coefficient (Wildman–Crippen LogP) is 2.94. The summed E-state index contributed by atoms with van der Waals surface area (Å²) < 4.78 is 2.07. The Morgan fingerprint density at radius 2 is 2.10 bits per heavy atom. The zero-order chi connectivity index (χ0) is 15.6. The smallest absolute Gasteiger partial charge is 0.0863 e. The first-order valence-electron chi connectivity index (χ1n) is 8.19. The summed E-state index contributed by atoms with van der Waals surface area (Å²) in [5, 5.41) is 9.15. The Labute approximate surface area is 133 Å². The van der Waals surface area contributed by atoms with E-state index in [1.807, 2.05) is 0 Å². The van der Waals surface area contributed by atoms with Crippen molar-refractivity contribution in [1.82, 2.24) is 20.0 Å². The number of hydrogen-bond acceptors (Lipinski definition) is 3. The summed E-state index contributed by atoms with van der Waals surface area (Å²) in [6, 6.07) is 1.09. The summed E-state index contributed by atoms with van der Waals surface area (Å²) in [6.07, 6.45) is 0.893. The van der Waals surface area contributed by atoms with Gasteiger partial charge in [0.2, 0.25) is 0 Å². The molecule has 5 heteroatoms. The van der Waals surface area contributed by atoms with Gasteiger partial charge in [-0.2, -0.15) is 5.10 Å². The van der Waals surface area contributed by atoms with E-state index >= 15 is 0 Å². The zero-order valence-electron chi connectivity index (χ0n) is 14.0. The molecular formula is C16H29ClN4. The molecule has 1 aromatic rings. The zero-order valence-corrected chi connectivity index (χ0v) is 14.7. The standard InChI is InChI=1S/C16H29ClN4/c1-6-13-16(17)15(21(7-2)19-13)10-20-9-14(11(3)4)18-8-12(20)5/h11-12,14,18H,6-10H2,1-5H3. The van der Waals surface area contributed by atoms with E-state index in [4.69, 9.17) is 11.6 Å². The van der Waals surface area contributed by atoms with E-state index in [0.717, 1.165) is 43.3 Å². The molecule has 2 rings (SSSR count). The van der Waals surface area contributed by atoms with Crippen molar-refractivity contribution in [2.24, 2.45) is 5.92 Å². The second kappa shape index (κ2) is 7.12. The summed E-state index contributed by atoms with van der Waals surface area (Å²) in [5.41, 5.74) is 2.20. The van der Waals surface area contributed by atoms with Crippen molar-refractivity contribution in [2.45, 2.75) is 66.2 Å². The first-order valence-corrected chi connectivity index (χ1v) is 8.57. The van der Waals surface area contributed by atoms with Gasteiger partial charge < -0.3 is 5.32 Å². The fourth-order valence-corrected chi connectivity index (χ4v) is 3.30. The average molecular weight is 313 g/mol. The Bertz CT molecular complexity index is 469. The van der Waals surface area contributed by atoms with E-state index in [9.17, 15) is 0 Å². The predicted molar refractivity (Wildman–Crippen MR) is 88.8 cm³/mol. The van der Waals surface area contributed by atoms with Gasteiger partial charge in [-0.25, -0.2) is 0 Å². The van der Waals surface area contributed by atoms with Gasteiger partial charge in [0.15, 0.2) is 0 Å². The fraction of sp³-hybridized carbons (Fsp3) is 0.812. The third-order valence-corrected chi connectivity index (χ3v) is 5.02. The molecular weight excluding hydrogens is 284 g/mol. The molecule has 0 aromatic carbocycles. The van der Waals surface area contributed by atoms with Crippen molar-refractivity contribution < 1.29 is 0 Å². The Hall–Kier alpha value is -0.580. The first-order chi connectivity index (χ1) is 9.97. The number of piperazine rings is 1. The molecule has 0 amide bonds. The van der Waals surface area contributed by atoms with Gasteiger partial charge in [-0.1, -0.05) is 32.4 Å². The van der Waals surface area contributed by atoms with E-state index in [-0.39, 0.29) is 0 Å². The van der Waals surface area contributed by atoms with E-state index in [1.165, 1.54) is 5.69 Å². The molecule has 1 N–H and O–H groups in total. The minimum Gasteiger partial charge on any atom is -0.311 e. The Morgan fingerprint density at radius 3 is 2.67 bits per heavy atom. The van der Waals surface area contributed by atoms with Crippen molar-refractivity contribution in [1.29, 1.82) is 0 Å². The highest BCUT2D eigenvalue weighted by molar-refractivity contribution is 6.31. The fourth-order valence-electron chi connectivity index (χ4n) is 2.98. The number of aromatic nitrogens is 2. The van der Waals surface area contributed by atoms with Crippen molar-refractivity contribution >= 4 is 11.6 Å². The van der Waals surface area contributed by atoms with Crippen LogP contribution >= 0.6 is 11.6 Å². The Kier molecular flexibility index (Phi) is 5.69. The summed E-state index contributed by atoms with van der Waals surface area (Å²) in [7, 11) is 0. The van der Waals surface area contributed by atoms with Crippen LogP contribution in [0.3, 0.4) is 0 Å². The van der Waals surface area contributed by atoms with Crippen molar-refractivity contribution in [3.05, 3.63) is 16.4 Å². The average Bonchev–Trinajstić information content (AvgIpc) is 2.77. The molecule has 1 saturated heterocycles. The molecule has 0 bridgehead atoms. The van der Waals surface area contributed by atoms with Gasteiger partial charge in [0.05, 0.1) is 16.4 Å². The van der Waals surface area contributed by atoms with Crippen LogP contribution in [0.1, 0.15) is 46.0 Å². The molecule has 1 aliphatic heterocycles.